The number of rotatable bonds is 3. The topological polar surface area (TPSA) is 66.3 Å². The van der Waals surface area contributed by atoms with Crippen molar-refractivity contribution in [1.82, 2.24) is 15.2 Å². The van der Waals surface area contributed by atoms with Gasteiger partial charge < -0.3 is 0 Å². The molecule has 0 spiro atoms. The summed E-state index contributed by atoms with van der Waals surface area (Å²) >= 11 is 3.40. The van der Waals surface area contributed by atoms with Crippen molar-refractivity contribution in [3.05, 3.63) is 59.5 Å². The average Bonchev–Trinajstić information content (AvgIpc) is 2.95. The molecule has 3 rings (SSSR count). The molecular weight excluding hydrogens is 318 g/mol. The van der Waals surface area contributed by atoms with Gasteiger partial charge in [-0.1, -0.05) is 18.2 Å². The van der Waals surface area contributed by atoms with Gasteiger partial charge in [0.05, 0.1) is 17.6 Å². The van der Waals surface area contributed by atoms with Gasteiger partial charge in [0.15, 0.2) is 0 Å². The molecule has 0 amide bonds. The molecule has 0 saturated carbocycles. The SMILES string of the molecule is Brc1cncc(-c2[nH]ncc2N=Nc2ccccc2)c1. The highest BCUT2D eigenvalue weighted by Crippen LogP contribution is 2.29. The molecule has 0 aliphatic rings. The standard InChI is InChI=1S/C14H10BrN5/c15-11-6-10(7-16-8-11)14-13(9-17-20-14)19-18-12-4-2-1-3-5-12/h1-9H,(H,17,20). The summed E-state index contributed by atoms with van der Waals surface area (Å²) in [7, 11) is 0. The molecule has 2 heterocycles. The van der Waals surface area contributed by atoms with E-state index >= 15 is 0 Å². The van der Waals surface area contributed by atoms with Crippen LogP contribution < -0.4 is 0 Å². The molecule has 0 aliphatic heterocycles. The number of halogens is 1. The Balaban J connectivity index is 1.93. The molecule has 2 aromatic heterocycles. The molecule has 1 aromatic carbocycles. The first-order valence-electron chi connectivity index (χ1n) is 5.94. The molecule has 0 unspecified atom stereocenters. The lowest BCUT2D eigenvalue weighted by molar-refractivity contribution is 1.09. The van der Waals surface area contributed by atoms with Gasteiger partial charge in [0, 0.05) is 22.4 Å². The number of hydrogen-bond donors (Lipinski definition) is 1. The molecule has 0 bridgehead atoms. The maximum atomic E-state index is 4.23. The van der Waals surface area contributed by atoms with E-state index in [9.17, 15) is 0 Å². The molecule has 0 atom stereocenters. The Hall–Kier alpha value is -2.34. The van der Waals surface area contributed by atoms with Crippen LogP contribution in [0.2, 0.25) is 0 Å². The maximum absolute atomic E-state index is 4.23. The van der Waals surface area contributed by atoms with E-state index in [0.717, 1.165) is 21.4 Å². The van der Waals surface area contributed by atoms with Crippen LogP contribution in [-0.2, 0) is 0 Å². The summed E-state index contributed by atoms with van der Waals surface area (Å²) in [5, 5.41) is 15.4. The number of benzene rings is 1. The largest absolute Gasteiger partial charge is 0.275 e. The van der Waals surface area contributed by atoms with Gasteiger partial charge in [-0.15, -0.1) is 5.11 Å². The van der Waals surface area contributed by atoms with Gasteiger partial charge >= 0.3 is 0 Å². The monoisotopic (exact) mass is 327 g/mol. The second kappa shape index (κ2) is 5.75. The van der Waals surface area contributed by atoms with E-state index in [2.05, 4.69) is 41.3 Å². The molecule has 5 nitrogen and oxygen atoms in total. The fourth-order valence-electron chi connectivity index (χ4n) is 1.72. The highest BCUT2D eigenvalue weighted by atomic mass is 79.9. The number of H-pyrrole nitrogens is 1. The van der Waals surface area contributed by atoms with Crippen LogP contribution >= 0.6 is 15.9 Å². The molecular formula is C14H10BrN5. The summed E-state index contributed by atoms with van der Waals surface area (Å²) in [4.78, 5) is 4.13. The lowest BCUT2D eigenvalue weighted by Gasteiger charge is -1.99. The van der Waals surface area contributed by atoms with Crippen LogP contribution in [0.3, 0.4) is 0 Å². The molecule has 0 fully saturated rings. The van der Waals surface area contributed by atoms with Crippen molar-refractivity contribution >= 4 is 27.3 Å². The van der Waals surface area contributed by atoms with Crippen LogP contribution in [0.25, 0.3) is 11.3 Å². The molecule has 98 valence electrons. The number of pyridine rings is 1. The molecule has 20 heavy (non-hydrogen) atoms. The lowest BCUT2D eigenvalue weighted by atomic mass is 10.2. The third-order valence-corrected chi connectivity index (χ3v) is 3.08. The fraction of sp³-hybridized carbons (Fsp3) is 0. The Morgan fingerprint density at radius 3 is 2.65 bits per heavy atom. The van der Waals surface area contributed by atoms with Crippen molar-refractivity contribution in [2.45, 2.75) is 0 Å². The first kappa shape index (κ1) is 12.7. The van der Waals surface area contributed by atoms with E-state index < -0.39 is 0 Å². The summed E-state index contributed by atoms with van der Waals surface area (Å²) in [5.74, 6) is 0. The van der Waals surface area contributed by atoms with Crippen molar-refractivity contribution in [2.24, 2.45) is 10.2 Å². The predicted molar refractivity (Wildman–Crippen MR) is 80.1 cm³/mol. The van der Waals surface area contributed by atoms with Crippen molar-refractivity contribution in [3.8, 4) is 11.3 Å². The van der Waals surface area contributed by atoms with Crippen molar-refractivity contribution in [1.29, 1.82) is 0 Å². The molecule has 6 heteroatoms. The number of nitrogens with zero attached hydrogens (tertiary/aromatic N) is 4. The molecule has 0 radical (unpaired) electrons. The van der Waals surface area contributed by atoms with E-state index in [-0.39, 0.29) is 0 Å². The smallest absolute Gasteiger partial charge is 0.131 e. The number of aromatic nitrogens is 3. The first-order valence-corrected chi connectivity index (χ1v) is 6.73. The average molecular weight is 328 g/mol. The van der Waals surface area contributed by atoms with Crippen LogP contribution in [0.15, 0.2) is 69.7 Å². The summed E-state index contributed by atoms with van der Waals surface area (Å²) in [5.41, 5.74) is 3.16. The number of aromatic amines is 1. The maximum Gasteiger partial charge on any atom is 0.131 e. The predicted octanol–water partition coefficient (Wildman–Crippen LogP) is 4.65. The Labute approximate surface area is 123 Å². The highest BCUT2D eigenvalue weighted by molar-refractivity contribution is 9.10. The number of hydrogen-bond acceptors (Lipinski definition) is 4. The quantitative estimate of drug-likeness (QED) is 0.711. The summed E-state index contributed by atoms with van der Waals surface area (Å²) in [6.45, 7) is 0. The Morgan fingerprint density at radius 1 is 1.00 bits per heavy atom. The van der Waals surface area contributed by atoms with Crippen LogP contribution in [0, 0.1) is 0 Å². The molecule has 1 N–H and O–H groups in total. The van der Waals surface area contributed by atoms with Gasteiger partial charge in [-0.25, -0.2) is 0 Å². The van der Waals surface area contributed by atoms with Crippen LogP contribution in [0.5, 0.6) is 0 Å². The van der Waals surface area contributed by atoms with Crippen LogP contribution in [0.1, 0.15) is 0 Å². The van der Waals surface area contributed by atoms with E-state index in [1.807, 2.05) is 36.4 Å². The Kier molecular flexibility index (Phi) is 3.64. The second-order valence-corrected chi connectivity index (χ2v) is 4.97. The van der Waals surface area contributed by atoms with Crippen molar-refractivity contribution in [2.75, 3.05) is 0 Å². The van der Waals surface area contributed by atoms with Crippen LogP contribution in [0.4, 0.5) is 11.4 Å². The van der Waals surface area contributed by atoms with Gasteiger partial charge in [0.25, 0.3) is 0 Å². The van der Waals surface area contributed by atoms with Gasteiger partial charge in [-0.3, -0.25) is 10.1 Å². The van der Waals surface area contributed by atoms with E-state index in [1.165, 1.54) is 0 Å². The third kappa shape index (κ3) is 2.80. The number of azo groups is 1. The van der Waals surface area contributed by atoms with E-state index in [1.54, 1.807) is 18.6 Å². The van der Waals surface area contributed by atoms with E-state index in [4.69, 9.17) is 0 Å². The van der Waals surface area contributed by atoms with Gasteiger partial charge in [0.2, 0.25) is 0 Å². The minimum absolute atomic E-state index is 0.675. The van der Waals surface area contributed by atoms with E-state index in [0.29, 0.717) is 5.69 Å². The zero-order chi connectivity index (χ0) is 13.8. The Morgan fingerprint density at radius 2 is 1.85 bits per heavy atom. The number of nitrogens with one attached hydrogen (secondary N) is 1. The third-order valence-electron chi connectivity index (χ3n) is 2.64. The molecule has 0 aliphatic carbocycles. The normalized spacial score (nSPS) is 11.1. The first-order chi connectivity index (χ1) is 9.83. The molecule has 3 aromatic rings. The summed E-state index contributed by atoms with van der Waals surface area (Å²) < 4.78 is 0.899. The van der Waals surface area contributed by atoms with Crippen molar-refractivity contribution < 1.29 is 0 Å². The highest BCUT2D eigenvalue weighted by Gasteiger charge is 2.08. The van der Waals surface area contributed by atoms with Gasteiger partial charge in [0.1, 0.15) is 5.69 Å². The fourth-order valence-corrected chi connectivity index (χ4v) is 2.09. The Bertz CT molecular complexity index is 736. The lowest BCUT2D eigenvalue weighted by Crippen LogP contribution is -1.81. The minimum Gasteiger partial charge on any atom is -0.275 e. The molecule has 0 saturated heterocycles. The summed E-state index contributed by atoms with van der Waals surface area (Å²) in [6, 6.07) is 11.5. The second-order valence-electron chi connectivity index (χ2n) is 4.06. The zero-order valence-corrected chi connectivity index (χ0v) is 11.9. The zero-order valence-electron chi connectivity index (χ0n) is 10.4. The van der Waals surface area contributed by atoms with Gasteiger partial charge in [-0.05, 0) is 34.1 Å². The van der Waals surface area contributed by atoms with Crippen molar-refractivity contribution in [3.63, 3.8) is 0 Å². The summed E-state index contributed by atoms with van der Waals surface area (Å²) in [6.07, 6.45) is 5.12. The van der Waals surface area contributed by atoms with Crippen LogP contribution in [-0.4, -0.2) is 15.2 Å². The minimum atomic E-state index is 0.675. The van der Waals surface area contributed by atoms with Gasteiger partial charge in [-0.2, -0.15) is 10.2 Å².